The lowest BCUT2D eigenvalue weighted by atomic mass is 10.0. The van der Waals surface area contributed by atoms with Crippen molar-refractivity contribution in [1.82, 2.24) is 0 Å². The molecule has 0 unspecified atom stereocenters. The molecular formula is C10H8N2O. The predicted molar refractivity (Wildman–Crippen MR) is 46.9 cm³/mol. The zero-order valence-electron chi connectivity index (χ0n) is 7.46. The fraction of sp³-hybridized carbons (Fsp3) is 0.200. The maximum Gasteiger partial charge on any atom is 0.137 e. The van der Waals surface area contributed by atoms with Gasteiger partial charge in [-0.15, -0.1) is 0 Å². The van der Waals surface area contributed by atoms with Crippen molar-refractivity contribution in [2.45, 2.75) is 13.8 Å². The molecule has 0 aromatic carbocycles. The quantitative estimate of drug-likeness (QED) is 0.526. The van der Waals surface area contributed by atoms with Crippen LogP contribution in [0.3, 0.4) is 0 Å². The number of rotatable bonds is 0. The maximum atomic E-state index is 8.65. The van der Waals surface area contributed by atoms with Crippen molar-refractivity contribution in [1.29, 1.82) is 10.5 Å². The summed E-state index contributed by atoms with van der Waals surface area (Å²) in [5, 5.41) is 17.3. The smallest absolute Gasteiger partial charge is 0.137 e. The summed E-state index contributed by atoms with van der Waals surface area (Å²) in [4.78, 5) is 0. The van der Waals surface area contributed by atoms with E-state index in [0.717, 1.165) is 5.57 Å². The molecule has 0 atom stereocenters. The Kier molecular flexibility index (Phi) is 2.52. The van der Waals surface area contributed by atoms with E-state index in [9.17, 15) is 0 Å². The van der Waals surface area contributed by atoms with Crippen LogP contribution in [-0.4, -0.2) is 0 Å². The number of ether oxygens (including phenoxy) is 1. The third-order valence-electron chi connectivity index (χ3n) is 1.69. The average Bonchev–Trinajstić information content (AvgIpc) is 2.13. The highest BCUT2D eigenvalue weighted by Crippen LogP contribution is 2.22. The lowest BCUT2D eigenvalue weighted by Crippen LogP contribution is -1.96. The molecule has 13 heavy (non-hydrogen) atoms. The number of nitriles is 2. The van der Waals surface area contributed by atoms with E-state index in [2.05, 4.69) is 0 Å². The van der Waals surface area contributed by atoms with E-state index in [-0.39, 0.29) is 5.57 Å². The molecule has 0 aliphatic carbocycles. The summed E-state index contributed by atoms with van der Waals surface area (Å²) in [7, 11) is 0. The number of allylic oxidation sites excluding steroid dienone is 5. The second-order valence-electron chi connectivity index (χ2n) is 2.69. The van der Waals surface area contributed by atoms with Crippen LogP contribution < -0.4 is 0 Å². The van der Waals surface area contributed by atoms with Crippen LogP contribution in [0.15, 0.2) is 34.8 Å². The molecule has 0 aromatic rings. The van der Waals surface area contributed by atoms with E-state index in [1.54, 1.807) is 26.2 Å². The van der Waals surface area contributed by atoms with Crippen molar-refractivity contribution in [3.8, 4) is 12.1 Å². The summed E-state index contributed by atoms with van der Waals surface area (Å²) in [5.41, 5.74) is 1.56. The monoisotopic (exact) mass is 172 g/mol. The number of nitrogens with zero attached hydrogens (tertiary/aromatic N) is 2. The maximum absolute atomic E-state index is 8.65. The Hall–Kier alpha value is -2.00. The van der Waals surface area contributed by atoms with E-state index in [0.29, 0.717) is 11.3 Å². The Morgan fingerprint density at radius 1 is 1.31 bits per heavy atom. The summed E-state index contributed by atoms with van der Waals surface area (Å²) < 4.78 is 5.11. The van der Waals surface area contributed by atoms with Gasteiger partial charge in [-0.05, 0) is 25.5 Å². The molecule has 0 radical (unpaired) electrons. The Balaban J connectivity index is 3.26. The third kappa shape index (κ3) is 1.77. The highest BCUT2D eigenvalue weighted by atomic mass is 16.5. The van der Waals surface area contributed by atoms with Crippen LogP contribution in [0.2, 0.25) is 0 Å². The minimum absolute atomic E-state index is 0.122. The van der Waals surface area contributed by atoms with Gasteiger partial charge in [0.25, 0.3) is 0 Å². The van der Waals surface area contributed by atoms with Crippen LogP contribution in [0.1, 0.15) is 13.8 Å². The zero-order chi connectivity index (χ0) is 9.84. The Morgan fingerprint density at radius 3 is 2.46 bits per heavy atom. The van der Waals surface area contributed by atoms with Gasteiger partial charge in [-0.3, -0.25) is 0 Å². The molecule has 1 aliphatic heterocycles. The molecular weight excluding hydrogens is 164 g/mol. The van der Waals surface area contributed by atoms with E-state index >= 15 is 0 Å². The summed E-state index contributed by atoms with van der Waals surface area (Å²) in [5.74, 6) is 0.684. The van der Waals surface area contributed by atoms with Gasteiger partial charge >= 0.3 is 0 Å². The van der Waals surface area contributed by atoms with Crippen LogP contribution in [0, 0.1) is 22.7 Å². The SMILES string of the molecule is CC1=CC(=C(C#N)C#N)C(C)=CO1. The van der Waals surface area contributed by atoms with Gasteiger partial charge in [0, 0.05) is 5.57 Å². The lowest BCUT2D eigenvalue weighted by Gasteiger charge is -2.11. The van der Waals surface area contributed by atoms with Crippen molar-refractivity contribution in [3.63, 3.8) is 0 Å². The summed E-state index contributed by atoms with van der Waals surface area (Å²) in [6, 6.07) is 3.70. The first-order chi connectivity index (χ1) is 6.19. The van der Waals surface area contributed by atoms with Gasteiger partial charge in [-0.2, -0.15) is 10.5 Å². The molecule has 0 spiro atoms. The molecule has 0 saturated carbocycles. The van der Waals surface area contributed by atoms with Gasteiger partial charge < -0.3 is 4.74 Å². The van der Waals surface area contributed by atoms with Crippen LogP contribution in [-0.2, 0) is 4.74 Å². The van der Waals surface area contributed by atoms with Gasteiger partial charge in [0.2, 0.25) is 0 Å². The Labute approximate surface area is 76.8 Å². The van der Waals surface area contributed by atoms with Gasteiger partial charge in [-0.1, -0.05) is 0 Å². The third-order valence-corrected chi connectivity index (χ3v) is 1.69. The number of hydrogen-bond donors (Lipinski definition) is 0. The van der Waals surface area contributed by atoms with Crippen LogP contribution in [0.5, 0.6) is 0 Å². The molecule has 0 fully saturated rings. The van der Waals surface area contributed by atoms with Crippen LogP contribution >= 0.6 is 0 Å². The van der Waals surface area contributed by atoms with Gasteiger partial charge in [0.15, 0.2) is 0 Å². The fourth-order valence-electron chi connectivity index (χ4n) is 1.01. The van der Waals surface area contributed by atoms with Gasteiger partial charge in [-0.25, -0.2) is 0 Å². The Morgan fingerprint density at radius 2 is 1.92 bits per heavy atom. The molecule has 1 aliphatic rings. The predicted octanol–water partition coefficient (Wildman–Crippen LogP) is 2.17. The highest BCUT2D eigenvalue weighted by Gasteiger charge is 2.10. The summed E-state index contributed by atoms with van der Waals surface area (Å²) >= 11 is 0. The van der Waals surface area contributed by atoms with E-state index in [4.69, 9.17) is 15.3 Å². The fourth-order valence-corrected chi connectivity index (χ4v) is 1.01. The minimum atomic E-state index is 0.122. The molecule has 0 saturated heterocycles. The van der Waals surface area contributed by atoms with Crippen molar-refractivity contribution in [3.05, 3.63) is 34.8 Å². The Bertz CT molecular complexity index is 384. The molecule has 64 valence electrons. The van der Waals surface area contributed by atoms with E-state index < -0.39 is 0 Å². The molecule has 0 amide bonds. The van der Waals surface area contributed by atoms with Crippen molar-refractivity contribution in [2.24, 2.45) is 0 Å². The molecule has 0 aromatic heterocycles. The second-order valence-corrected chi connectivity index (χ2v) is 2.69. The molecule has 3 nitrogen and oxygen atoms in total. The largest absolute Gasteiger partial charge is 0.469 e. The second kappa shape index (κ2) is 3.60. The first-order valence-electron chi connectivity index (χ1n) is 3.75. The molecule has 0 N–H and O–H groups in total. The topological polar surface area (TPSA) is 56.8 Å². The van der Waals surface area contributed by atoms with Crippen molar-refractivity contribution < 1.29 is 4.74 Å². The molecule has 0 bridgehead atoms. The summed E-state index contributed by atoms with van der Waals surface area (Å²) in [6.07, 6.45) is 3.23. The lowest BCUT2D eigenvalue weighted by molar-refractivity contribution is 0.344. The van der Waals surface area contributed by atoms with E-state index in [1.807, 2.05) is 12.1 Å². The number of hydrogen-bond acceptors (Lipinski definition) is 3. The average molecular weight is 172 g/mol. The summed E-state index contributed by atoms with van der Waals surface area (Å²) in [6.45, 7) is 3.57. The zero-order valence-corrected chi connectivity index (χ0v) is 7.46. The van der Waals surface area contributed by atoms with Crippen LogP contribution in [0.25, 0.3) is 0 Å². The van der Waals surface area contributed by atoms with Gasteiger partial charge in [0.1, 0.15) is 23.5 Å². The van der Waals surface area contributed by atoms with Crippen molar-refractivity contribution in [2.75, 3.05) is 0 Å². The van der Waals surface area contributed by atoms with E-state index in [1.165, 1.54) is 0 Å². The molecule has 3 heteroatoms. The van der Waals surface area contributed by atoms with Crippen LogP contribution in [0.4, 0.5) is 0 Å². The molecule has 1 heterocycles. The van der Waals surface area contributed by atoms with Gasteiger partial charge in [0.05, 0.1) is 6.26 Å². The normalized spacial score (nSPS) is 14.6. The highest BCUT2D eigenvalue weighted by molar-refractivity contribution is 5.54. The minimum Gasteiger partial charge on any atom is -0.469 e. The first-order valence-corrected chi connectivity index (χ1v) is 3.75. The van der Waals surface area contributed by atoms with Crippen molar-refractivity contribution >= 4 is 0 Å². The first kappa shape index (κ1) is 9.09. The molecule has 1 rings (SSSR count). The standard InChI is InChI=1S/C10H8N2O/c1-7-6-13-8(2)3-10(7)9(4-11)5-12/h3,6H,1-2H3.